The van der Waals surface area contributed by atoms with Crippen molar-refractivity contribution < 1.29 is 42.5 Å². The SMILES string of the molecule is [2H]C1=C([2H])C([2H])C([2H])C(n2c3c([2H])c([2H])c([2H])c([2H])c3c3c2c([2H])c([2H])c2c4c([2H])c([2H])c([2H])c([2H])c4n(-c4nc(-c5c([2H])c([2H])c([2H])c([2H])c5[2H])nc(-c5c([2H])c([2H])c6c(c5[2H])-c5c([2H])c([2H])c([2H])c([2H])c5C5C6=C([2H])C([2H])=C([2H])C5[2H])n4)c23)=C1[2H]. The molecule has 0 aliphatic heterocycles. The second kappa shape index (κ2) is 12.2. The molecule has 0 bridgehead atoms. The Morgan fingerprint density at radius 2 is 1.32 bits per heavy atom. The number of aromatic nitrogens is 5. The zero-order valence-electron chi connectivity index (χ0n) is 59.0. The van der Waals surface area contributed by atoms with Crippen LogP contribution in [0, 0.1) is 0 Å². The summed E-state index contributed by atoms with van der Waals surface area (Å²) in [4.78, 5) is 13.7. The van der Waals surface area contributed by atoms with Crippen molar-refractivity contribution in [2.75, 3.05) is 0 Å². The summed E-state index contributed by atoms with van der Waals surface area (Å²) in [5.41, 5.74) is -7.47. The number of para-hydroxylation sites is 2. The third-order valence-electron chi connectivity index (χ3n) is 9.53. The Labute approximate surface area is 367 Å². The molecule has 0 amide bonds. The smallest absolute Gasteiger partial charge is 0.238 e. The van der Waals surface area contributed by atoms with E-state index < -0.39 is 300 Å². The van der Waals surface area contributed by atoms with E-state index in [-0.39, 0.29) is 0 Å². The minimum absolute atomic E-state index is 0.426. The van der Waals surface area contributed by atoms with Gasteiger partial charge in [-0.05, 0) is 77.2 Å². The van der Waals surface area contributed by atoms with Gasteiger partial charge in [0.25, 0.3) is 0 Å². The van der Waals surface area contributed by atoms with Gasteiger partial charge in [0, 0.05) is 48.4 Å². The Bertz CT molecular complexity index is 4950. The van der Waals surface area contributed by atoms with Crippen LogP contribution in [0.5, 0.6) is 0 Å². The lowest BCUT2D eigenvalue weighted by Crippen LogP contribution is -2.12. The normalized spacial score (nSPS) is 28.7. The maximum Gasteiger partial charge on any atom is 0.238 e. The zero-order chi connectivity index (χ0) is 63.7. The minimum Gasteiger partial charge on any atom is -0.313 e. The molecule has 56 heavy (non-hydrogen) atoms. The highest BCUT2D eigenvalue weighted by Gasteiger charge is 2.30. The van der Waals surface area contributed by atoms with Gasteiger partial charge in [0.05, 0.1) is 60.4 Å². The first kappa shape index (κ1) is 13.6. The molecule has 0 spiro atoms. The van der Waals surface area contributed by atoms with Crippen LogP contribution in [0.2, 0.25) is 0 Å². The van der Waals surface area contributed by atoms with Crippen molar-refractivity contribution in [2.24, 2.45) is 0 Å². The molecule has 264 valence electrons. The number of hydrogen-bond acceptors (Lipinski definition) is 3. The Morgan fingerprint density at radius 3 is 2.21 bits per heavy atom. The van der Waals surface area contributed by atoms with E-state index in [0.29, 0.717) is 0 Å². The fourth-order valence-electron chi connectivity index (χ4n) is 7.24. The molecular formula is C51H35N5. The highest BCUT2D eigenvalue weighted by molar-refractivity contribution is 6.26. The van der Waals surface area contributed by atoms with Crippen LogP contribution in [0.4, 0.5) is 0 Å². The molecule has 12 rings (SSSR count). The standard InChI is InChI=1S/C51H35N5/c1-3-15-32(16-4-1)49-52-50(33-27-28-39-37-21-8-7-19-35(37)36-20-9-10-22-38(36)43(39)31-33)54-51(53-49)56-44-25-13-11-23-40(44)41-29-30-46-47(48(41)56)42-24-12-14-26-45(42)55(46)34-17-5-2-6-18-34/h1-5,7-17,20-31,35H,6,18-19H2/i1D,2D,3D,4D,5D,6D,7D,8D,9D,10D,11D,12D,13D,14D,15D,16D,17D,18D,19D,20D,21D,22D,23D,24D,25D,26D,27D,28D,29D,30D,31D. The summed E-state index contributed by atoms with van der Waals surface area (Å²) >= 11 is 0. The van der Waals surface area contributed by atoms with Crippen LogP contribution in [0.25, 0.3) is 94.7 Å². The molecule has 6 aromatic carbocycles. The molecule has 5 nitrogen and oxygen atoms in total. The number of rotatable bonds is 4. The number of nitrogens with zero attached hydrogens (tertiary/aromatic N) is 5. The van der Waals surface area contributed by atoms with Crippen molar-refractivity contribution >= 4 is 54.9 Å². The van der Waals surface area contributed by atoms with E-state index in [2.05, 4.69) is 15.0 Å². The van der Waals surface area contributed by atoms with E-state index in [1.165, 1.54) is 0 Å². The fourth-order valence-corrected chi connectivity index (χ4v) is 7.24. The van der Waals surface area contributed by atoms with E-state index >= 15 is 0 Å². The van der Waals surface area contributed by atoms with Crippen LogP contribution >= 0.6 is 0 Å². The van der Waals surface area contributed by atoms with Gasteiger partial charge in [-0.3, -0.25) is 4.57 Å². The molecule has 4 atom stereocenters. The van der Waals surface area contributed by atoms with Crippen molar-refractivity contribution in [3.63, 3.8) is 0 Å². The lowest BCUT2D eigenvalue weighted by atomic mass is 9.72. The maximum atomic E-state index is 10.1. The van der Waals surface area contributed by atoms with Gasteiger partial charge in [-0.2, -0.15) is 9.97 Å². The Kier molecular flexibility index (Phi) is 2.96. The van der Waals surface area contributed by atoms with Crippen molar-refractivity contribution in [1.82, 2.24) is 24.1 Å². The minimum atomic E-state index is -2.01. The Balaban J connectivity index is 1.35. The first-order valence-corrected chi connectivity index (χ1v) is 16.8. The summed E-state index contributed by atoms with van der Waals surface area (Å²) < 4.78 is 283. The van der Waals surface area contributed by atoms with Crippen molar-refractivity contribution in [3.05, 3.63) is 180 Å². The van der Waals surface area contributed by atoms with Gasteiger partial charge in [0.1, 0.15) is 0 Å². The van der Waals surface area contributed by atoms with Crippen LogP contribution in [-0.2, 0) is 0 Å². The maximum absolute atomic E-state index is 10.1. The summed E-state index contributed by atoms with van der Waals surface area (Å²) in [7, 11) is 0. The highest BCUT2D eigenvalue weighted by Crippen LogP contribution is 2.50. The Hall–Kier alpha value is -7.11. The van der Waals surface area contributed by atoms with Gasteiger partial charge >= 0.3 is 0 Å². The van der Waals surface area contributed by atoms with Gasteiger partial charge in [-0.25, -0.2) is 4.98 Å². The van der Waals surface area contributed by atoms with Crippen LogP contribution in [-0.4, -0.2) is 24.1 Å². The summed E-state index contributed by atoms with van der Waals surface area (Å²) in [6.45, 7) is 0. The number of benzene rings is 6. The molecule has 3 aliphatic carbocycles. The Morgan fingerprint density at radius 1 is 0.571 bits per heavy atom. The summed E-state index contributed by atoms with van der Waals surface area (Å²) in [6.07, 6.45) is -5.76. The van der Waals surface area contributed by atoms with Crippen molar-refractivity contribution in [1.29, 1.82) is 0 Å². The molecule has 9 aromatic rings. The third-order valence-corrected chi connectivity index (χ3v) is 9.53. The molecule has 4 unspecified atom stereocenters. The quantitative estimate of drug-likeness (QED) is 0.180. The lowest BCUT2D eigenvalue weighted by molar-refractivity contribution is 0.868. The largest absolute Gasteiger partial charge is 0.313 e. The second-order valence-electron chi connectivity index (χ2n) is 12.5. The van der Waals surface area contributed by atoms with E-state index in [1.54, 1.807) is 0 Å². The highest BCUT2D eigenvalue weighted by atomic mass is 15.2. The summed E-state index contributed by atoms with van der Waals surface area (Å²) in [6, 6.07) is -25.3. The number of allylic oxidation sites excluding steroid dienone is 8. The van der Waals surface area contributed by atoms with E-state index in [4.69, 9.17) is 27.4 Å². The predicted molar refractivity (Wildman–Crippen MR) is 231 cm³/mol. The zero-order valence-corrected chi connectivity index (χ0v) is 28.0. The molecule has 0 N–H and O–H groups in total. The number of hydrogen-bond donors (Lipinski definition) is 0. The average molecular weight is 749 g/mol. The molecule has 5 heteroatoms. The van der Waals surface area contributed by atoms with Gasteiger partial charge in [-0.15, -0.1) is 0 Å². The molecule has 0 fully saturated rings. The number of fused-ring (bicyclic) bond motifs is 13. The van der Waals surface area contributed by atoms with Crippen LogP contribution < -0.4 is 0 Å². The molecule has 0 radical (unpaired) electrons. The molecule has 0 saturated carbocycles. The molecule has 3 heterocycles. The van der Waals surface area contributed by atoms with Gasteiger partial charge in [0.15, 0.2) is 11.6 Å². The van der Waals surface area contributed by atoms with Gasteiger partial charge in [0.2, 0.25) is 5.95 Å². The van der Waals surface area contributed by atoms with E-state index in [0.717, 1.165) is 9.13 Å². The topological polar surface area (TPSA) is 48.5 Å². The van der Waals surface area contributed by atoms with Crippen LogP contribution in [0.15, 0.2) is 169 Å². The average Bonchev–Trinajstić information content (AvgIpc) is 1.63. The van der Waals surface area contributed by atoms with Gasteiger partial charge < -0.3 is 4.57 Å². The first-order chi connectivity index (χ1) is 40.7. The van der Waals surface area contributed by atoms with E-state index in [1.807, 2.05) is 0 Å². The van der Waals surface area contributed by atoms with Crippen molar-refractivity contribution in [3.8, 4) is 39.9 Å². The predicted octanol–water partition coefficient (Wildman–Crippen LogP) is 12.7. The lowest BCUT2D eigenvalue weighted by Gasteiger charge is -2.31. The molecule has 0 saturated heterocycles. The summed E-state index contributed by atoms with van der Waals surface area (Å²) in [5.74, 6) is -4.51. The van der Waals surface area contributed by atoms with Crippen LogP contribution in [0.3, 0.4) is 0 Å². The molecule has 3 aliphatic rings. The third kappa shape index (κ3) is 4.58. The fraction of sp³-hybridized carbons (Fsp3) is 0.0784. The first-order valence-electron chi connectivity index (χ1n) is 32.5. The van der Waals surface area contributed by atoms with Crippen LogP contribution in [0.1, 0.15) is 78.7 Å². The molecule has 3 aromatic heterocycles. The monoisotopic (exact) mass is 748 g/mol. The second-order valence-corrected chi connectivity index (χ2v) is 12.5. The van der Waals surface area contributed by atoms with E-state index in [9.17, 15) is 15.1 Å². The van der Waals surface area contributed by atoms with Crippen molar-refractivity contribution in [2.45, 2.75) is 25.1 Å². The molecular weight excluding hydrogens is 683 g/mol. The van der Waals surface area contributed by atoms with Gasteiger partial charge in [-0.1, -0.05) is 139 Å². The summed E-state index contributed by atoms with van der Waals surface area (Å²) in [5, 5.41) is -2.33.